The molecule has 80 heavy (non-hydrogen) atoms. The highest BCUT2D eigenvalue weighted by Gasteiger charge is 2.41. The minimum atomic E-state index is -1.25. The van der Waals surface area contributed by atoms with Crippen molar-refractivity contribution in [3.8, 4) is 0 Å². The first-order valence-electron chi connectivity index (χ1n) is 28.5. The number of benzene rings is 9. The van der Waals surface area contributed by atoms with Gasteiger partial charge >= 0.3 is 0 Å². The number of hydrogen-bond donors (Lipinski definition) is 3. The van der Waals surface area contributed by atoms with Crippen LogP contribution in [0, 0.1) is 11.8 Å². The van der Waals surface area contributed by atoms with Gasteiger partial charge < -0.3 is 20.6 Å². The van der Waals surface area contributed by atoms with Crippen LogP contribution in [0.4, 0.5) is 22.7 Å². The van der Waals surface area contributed by atoms with E-state index >= 15 is 4.79 Å². The molecule has 0 aromatic heterocycles. The van der Waals surface area contributed by atoms with Crippen molar-refractivity contribution in [2.24, 2.45) is 11.8 Å². The SMILES string of the molecule is CCCCC(CC)C(=O)NC1=CC(=[P+](c2cccc3ccccc23)c2cccc3ccccc23)C=C/C1=C1\C(=O)C(c2ccc(N(c3cccc4ccccc34)c3cccc4ccccc34)cc2NC(=O)C(CC)CCCC)=C1O. The van der Waals surface area contributed by atoms with Crippen molar-refractivity contribution in [1.82, 2.24) is 5.32 Å². The quantitative estimate of drug-likeness (QED) is 0.0587. The maximum Gasteiger partial charge on any atom is 0.227 e. The van der Waals surface area contributed by atoms with Crippen LogP contribution in [0.25, 0.3) is 48.7 Å². The molecule has 0 radical (unpaired) electrons. The number of carbonyl (C=O) groups excluding carboxylic acids is 3. The molecule has 2 aliphatic carbocycles. The van der Waals surface area contributed by atoms with E-state index in [9.17, 15) is 14.7 Å². The second-order valence-corrected chi connectivity index (χ2v) is 23.2. The predicted octanol–water partition coefficient (Wildman–Crippen LogP) is 17.2. The molecule has 8 heteroatoms. The van der Waals surface area contributed by atoms with Crippen LogP contribution in [0.3, 0.4) is 0 Å². The number of allylic oxidation sites excluding steroid dienone is 5. The Balaban J connectivity index is 1.10. The lowest BCUT2D eigenvalue weighted by atomic mass is 9.78. The van der Waals surface area contributed by atoms with Gasteiger partial charge in [-0.05, 0) is 114 Å². The highest BCUT2D eigenvalue weighted by Crippen LogP contribution is 2.48. The number of ketones is 1. The molecular formula is C72H67N3O4P+. The monoisotopic (exact) mass is 1070 g/mol. The first kappa shape index (κ1) is 53.4. The summed E-state index contributed by atoms with van der Waals surface area (Å²) in [7, 11) is -1.25. The third kappa shape index (κ3) is 10.3. The zero-order valence-corrected chi connectivity index (χ0v) is 46.9. The van der Waals surface area contributed by atoms with Crippen molar-refractivity contribution in [2.75, 3.05) is 10.2 Å². The Bertz CT molecular complexity index is 3890. The topological polar surface area (TPSA) is 98.7 Å². The summed E-state index contributed by atoms with van der Waals surface area (Å²) >= 11 is 0. The number of nitrogens with one attached hydrogen (secondary N) is 2. The second kappa shape index (κ2) is 23.8. The molecule has 2 amide bonds. The number of carbonyl (C=O) groups is 3. The van der Waals surface area contributed by atoms with E-state index in [1.165, 1.54) is 10.6 Å². The van der Waals surface area contributed by atoms with E-state index in [1.807, 2.05) is 68.5 Å². The summed E-state index contributed by atoms with van der Waals surface area (Å²) in [6.07, 6.45) is 12.5. The lowest BCUT2D eigenvalue weighted by molar-refractivity contribution is -0.124. The maximum absolute atomic E-state index is 15.3. The average Bonchev–Trinajstić information content (AvgIpc) is 3.52. The second-order valence-electron chi connectivity index (χ2n) is 21.0. The summed E-state index contributed by atoms with van der Waals surface area (Å²) in [4.78, 5) is 46.7. The number of aliphatic hydroxyl groups is 1. The number of aliphatic hydroxyl groups excluding tert-OH is 1. The van der Waals surface area contributed by atoms with Gasteiger partial charge in [-0.25, -0.2) is 0 Å². The van der Waals surface area contributed by atoms with Crippen LogP contribution < -0.4 is 26.1 Å². The van der Waals surface area contributed by atoms with Gasteiger partial charge in [0.2, 0.25) is 17.6 Å². The first-order chi connectivity index (χ1) is 39.2. The molecule has 398 valence electrons. The number of hydrogen-bond acceptors (Lipinski definition) is 5. The van der Waals surface area contributed by atoms with E-state index in [-0.39, 0.29) is 46.3 Å². The summed E-state index contributed by atoms with van der Waals surface area (Å²) in [6.45, 7) is 8.33. The number of fused-ring (bicyclic) bond motifs is 4. The van der Waals surface area contributed by atoms with E-state index in [4.69, 9.17) is 0 Å². The summed E-state index contributed by atoms with van der Waals surface area (Å²) in [5, 5.41) is 31.4. The van der Waals surface area contributed by atoms with E-state index in [1.54, 1.807) is 0 Å². The smallest absolute Gasteiger partial charge is 0.227 e. The predicted molar refractivity (Wildman–Crippen MR) is 337 cm³/mol. The zero-order chi connectivity index (χ0) is 55.3. The third-order valence-corrected chi connectivity index (χ3v) is 18.6. The van der Waals surface area contributed by atoms with E-state index in [0.29, 0.717) is 35.4 Å². The lowest BCUT2D eigenvalue weighted by Gasteiger charge is -2.31. The Morgan fingerprint density at radius 2 is 0.988 bits per heavy atom. The van der Waals surface area contributed by atoms with Crippen LogP contribution in [-0.4, -0.2) is 28.0 Å². The fourth-order valence-electron chi connectivity index (χ4n) is 11.7. The number of anilines is 4. The van der Waals surface area contributed by atoms with Gasteiger partial charge in [0.25, 0.3) is 0 Å². The molecule has 7 nitrogen and oxygen atoms in total. The summed E-state index contributed by atoms with van der Waals surface area (Å²) in [5.41, 5.74) is 4.61. The molecular weight excluding hydrogens is 1000 g/mol. The number of rotatable bonds is 18. The van der Waals surface area contributed by atoms with Crippen LogP contribution in [0.2, 0.25) is 0 Å². The average molecular weight is 1070 g/mol. The zero-order valence-electron chi connectivity index (χ0n) is 46.0. The molecule has 9 aromatic rings. The summed E-state index contributed by atoms with van der Waals surface area (Å²) in [5.74, 6) is -1.34. The van der Waals surface area contributed by atoms with Crippen LogP contribution in [0.1, 0.15) is 84.6 Å². The number of Topliss-reactive ketones (excluding diaryl/α,β-unsaturated/α-hetero) is 1. The molecule has 0 saturated heterocycles. The molecule has 0 bridgehead atoms. The fourth-order valence-corrected chi connectivity index (χ4v) is 14.4. The van der Waals surface area contributed by atoms with Crippen LogP contribution >= 0.6 is 7.55 Å². The van der Waals surface area contributed by atoms with Crippen molar-refractivity contribution < 1.29 is 19.5 Å². The van der Waals surface area contributed by atoms with Gasteiger partial charge in [-0.1, -0.05) is 187 Å². The van der Waals surface area contributed by atoms with Gasteiger partial charge in [0, 0.05) is 56.3 Å². The summed E-state index contributed by atoms with van der Waals surface area (Å²) < 4.78 is 0. The standard InChI is InChI=1S/C72H66N3O4P/c1-5-9-23-47(7-3)71(78)73-61-45-53(75(63-37-19-29-49-25-11-15-33-55(49)63)64-38-20-30-50-26-12-16-34-56(50)64)41-43-59(61)67-69(76)68(70(67)77)60-44-42-54(46-62(60)74-72(79)48(8-4)24-10-6-2)80(65-39-21-31-51-27-13-17-35-57(51)65)66-40-22-32-52-28-14-18-36-58(52)66/h11-22,25-48H,5-10,23-24H2,1-4H3,(H2-,73,74,76,77,78,79)/p+1. The van der Waals surface area contributed by atoms with Crippen LogP contribution in [-0.2, 0) is 14.4 Å². The third-order valence-electron chi connectivity index (χ3n) is 16.1. The molecule has 0 aliphatic heterocycles. The highest BCUT2D eigenvalue weighted by molar-refractivity contribution is 7.75. The molecule has 11 rings (SSSR count). The van der Waals surface area contributed by atoms with Gasteiger partial charge in [0.05, 0.1) is 33.9 Å². The van der Waals surface area contributed by atoms with Gasteiger partial charge in [0.1, 0.15) is 5.76 Å². The molecule has 2 aliphatic rings. The van der Waals surface area contributed by atoms with Crippen LogP contribution in [0.15, 0.2) is 229 Å². The molecule has 0 heterocycles. The number of amides is 2. The van der Waals surface area contributed by atoms with Crippen molar-refractivity contribution in [3.63, 3.8) is 0 Å². The number of unbranched alkanes of at least 4 members (excludes halogenated alkanes) is 2. The minimum Gasteiger partial charge on any atom is -0.506 e. The Kier molecular flexibility index (Phi) is 15.8. The molecule has 0 fully saturated rings. The molecule has 9 aromatic carbocycles. The molecule has 3 N–H and O–H groups in total. The van der Waals surface area contributed by atoms with Crippen molar-refractivity contribution in [3.05, 3.63) is 234 Å². The molecule has 0 spiro atoms. The lowest BCUT2D eigenvalue weighted by Crippen LogP contribution is -2.33. The molecule has 2 unspecified atom stereocenters. The Morgan fingerprint density at radius 3 is 1.49 bits per heavy atom. The minimum absolute atomic E-state index is 0.106. The first-order valence-corrected chi connectivity index (χ1v) is 29.8. The van der Waals surface area contributed by atoms with E-state index in [0.717, 1.165) is 104 Å². The van der Waals surface area contributed by atoms with Gasteiger partial charge in [-0.15, -0.1) is 0 Å². The van der Waals surface area contributed by atoms with E-state index < -0.39 is 7.55 Å². The largest absolute Gasteiger partial charge is 0.506 e. The van der Waals surface area contributed by atoms with Gasteiger partial charge in [-0.2, -0.15) is 0 Å². The van der Waals surface area contributed by atoms with Crippen molar-refractivity contribution in [2.45, 2.75) is 79.1 Å². The van der Waals surface area contributed by atoms with Crippen molar-refractivity contribution in [1.29, 1.82) is 0 Å². The fraction of sp³-hybridized carbons (Fsp3) is 0.194. The van der Waals surface area contributed by atoms with Gasteiger partial charge in [0.15, 0.2) is 23.4 Å². The molecule has 2 atom stereocenters. The molecule has 0 saturated carbocycles. The normalized spacial score (nSPS) is 15.0. The van der Waals surface area contributed by atoms with E-state index in [2.05, 4.69) is 181 Å². The van der Waals surface area contributed by atoms with Crippen LogP contribution in [0.5, 0.6) is 0 Å². The Hall–Kier alpha value is -8.64. The van der Waals surface area contributed by atoms with Crippen molar-refractivity contribution >= 4 is 112 Å². The Labute approximate surface area is 470 Å². The highest BCUT2D eigenvalue weighted by atomic mass is 31.1. The Morgan fingerprint density at radius 1 is 0.525 bits per heavy atom. The summed E-state index contributed by atoms with van der Waals surface area (Å²) in [6, 6.07) is 64.8. The number of nitrogens with zero attached hydrogens (tertiary/aromatic N) is 1. The maximum atomic E-state index is 15.3. The van der Waals surface area contributed by atoms with Gasteiger partial charge in [-0.3, -0.25) is 14.4 Å².